The van der Waals surface area contributed by atoms with Gasteiger partial charge in [0.15, 0.2) is 6.10 Å². The average molecular weight is 581 g/mol. The first kappa shape index (κ1) is 27.8. The van der Waals surface area contributed by atoms with E-state index in [4.69, 9.17) is 21.3 Å². The van der Waals surface area contributed by atoms with Gasteiger partial charge in [0.25, 0.3) is 0 Å². The molecule has 2 fully saturated rings. The largest absolute Gasteiger partial charge is 0.451 e. The van der Waals surface area contributed by atoms with Crippen LogP contribution in [0.4, 0.5) is 5.69 Å². The van der Waals surface area contributed by atoms with Crippen LogP contribution in [-0.2, 0) is 14.3 Å². The highest BCUT2D eigenvalue weighted by molar-refractivity contribution is 6.31. The zero-order chi connectivity index (χ0) is 29.5. The number of anilines is 1. The number of rotatable bonds is 6. The molecule has 0 spiro atoms. The molecule has 4 unspecified atom stereocenters. The van der Waals surface area contributed by atoms with Gasteiger partial charge in [0.1, 0.15) is 0 Å². The van der Waals surface area contributed by atoms with Crippen LogP contribution in [0.1, 0.15) is 53.8 Å². The van der Waals surface area contributed by atoms with Gasteiger partial charge in [-0.3, -0.25) is 19.3 Å². The van der Waals surface area contributed by atoms with Crippen LogP contribution in [0.15, 0.2) is 78.9 Å². The molecule has 4 atom stereocenters. The first-order valence-electron chi connectivity index (χ1n) is 14.1. The van der Waals surface area contributed by atoms with Gasteiger partial charge in [-0.25, -0.2) is 9.78 Å². The van der Waals surface area contributed by atoms with Gasteiger partial charge in [0.05, 0.1) is 34.3 Å². The normalized spacial score (nSPS) is 20.8. The van der Waals surface area contributed by atoms with Crippen LogP contribution in [0.2, 0.25) is 5.02 Å². The molecule has 4 aromatic rings. The Hall–Kier alpha value is -4.36. The number of carbonyl (C=O) groups excluding carboxylic acids is 4. The predicted molar refractivity (Wildman–Crippen MR) is 160 cm³/mol. The maximum atomic E-state index is 13.4. The molecule has 1 saturated heterocycles. The fourth-order valence-electron chi connectivity index (χ4n) is 6.07. The van der Waals surface area contributed by atoms with Crippen LogP contribution < -0.4 is 4.90 Å². The molecule has 0 N–H and O–H groups in total. The van der Waals surface area contributed by atoms with Crippen LogP contribution in [0.5, 0.6) is 0 Å². The molecule has 8 heteroatoms. The number of hydrogen-bond acceptors (Lipinski definition) is 6. The quantitative estimate of drug-likeness (QED) is 0.140. The van der Waals surface area contributed by atoms with Gasteiger partial charge in [-0.15, -0.1) is 0 Å². The second-order valence-corrected chi connectivity index (χ2v) is 11.6. The van der Waals surface area contributed by atoms with Crippen molar-refractivity contribution in [3.63, 3.8) is 0 Å². The monoisotopic (exact) mass is 580 g/mol. The maximum absolute atomic E-state index is 13.4. The summed E-state index contributed by atoms with van der Waals surface area (Å²) in [7, 11) is 0. The number of ketones is 1. The van der Waals surface area contributed by atoms with Crippen molar-refractivity contribution in [2.24, 2.45) is 17.8 Å². The highest BCUT2D eigenvalue weighted by Crippen LogP contribution is 2.42. The number of hydrogen-bond donors (Lipinski definition) is 0. The Morgan fingerprint density at radius 3 is 2.43 bits per heavy atom. The fraction of sp³-hybridized carbons (Fsp3) is 0.265. The van der Waals surface area contributed by atoms with E-state index in [0.29, 0.717) is 44.4 Å². The first-order valence-corrected chi connectivity index (χ1v) is 14.5. The SMILES string of the molecule is CC1CCC2C(=O)N(c3ccc(-c4cc(C(=O)OC(C)C(=O)c5cccc(Cl)c5)c5ccccc5n4)cc3)C(=O)C2C1. The molecular weight excluding hydrogens is 552 g/mol. The van der Waals surface area contributed by atoms with Gasteiger partial charge < -0.3 is 4.74 Å². The first-order chi connectivity index (χ1) is 20.2. The lowest BCUT2D eigenvalue weighted by Crippen LogP contribution is -2.30. The number of pyridine rings is 1. The van der Waals surface area contributed by atoms with E-state index in [9.17, 15) is 19.2 Å². The highest BCUT2D eigenvalue weighted by Gasteiger charge is 2.49. The Labute approximate surface area is 248 Å². The third kappa shape index (κ3) is 5.09. The lowest BCUT2D eigenvalue weighted by atomic mass is 9.76. The number of nitrogens with zero attached hydrogens (tertiary/aromatic N) is 2. The van der Waals surface area contributed by atoms with E-state index < -0.39 is 12.1 Å². The Kier molecular flexibility index (Phi) is 7.37. The minimum Gasteiger partial charge on any atom is -0.451 e. The van der Waals surface area contributed by atoms with Crippen LogP contribution in [0.3, 0.4) is 0 Å². The summed E-state index contributed by atoms with van der Waals surface area (Å²) in [6.07, 6.45) is 1.41. The molecule has 2 amide bonds. The zero-order valence-electron chi connectivity index (χ0n) is 23.2. The van der Waals surface area contributed by atoms with E-state index in [2.05, 4.69) is 6.92 Å². The molecule has 2 aliphatic rings. The van der Waals surface area contributed by atoms with Gasteiger partial charge in [0, 0.05) is 21.5 Å². The summed E-state index contributed by atoms with van der Waals surface area (Å²) in [6, 6.07) is 22.4. The number of esters is 1. The molecule has 6 rings (SSSR count). The van der Waals surface area contributed by atoms with Crippen molar-refractivity contribution in [3.05, 3.63) is 95.0 Å². The van der Waals surface area contributed by atoms with E-state index >= 15 is 0 Å². The van der Waals surface area contributed by atoms with Crippen LogP contribution in [0.25, 0.3) is 22.2 Å². The molecule has 42 heavy (non-hydrogen) atoms. The molecule has 1 saturated carbocycles. The number of aromatic nitrogens is 1. The van der Waals surface area contributed by atoms with Crippen molar-refractivity contribution >= 4 is 51.8 Å². The highest BCUT2D eigenvalue weighted by atomic mass is 35.5. The molecule has 0 radical (unpaired) electrons. The molecule has 2 heterocycles. The summed E-state index contributed by atoms with van der Waals surface area (Å²) in [5, 5.41) is 1.01. The number of fused-ring (bicyclic) bond motifs is 2. The molecule has 1 aliphatic heterocycles. The van der Waals surface area contributed by atoms with E-state index in [1.807, 2.05) is 6.07 Å². The minimum absolute atomic E-state index is 0.125. The topological polar surface area (TPSA) is 93.6 Å². The molecule has 1 aliphatic carbocycles. The number of halogens is 1. The second-order valence-electron chi connectivity index (χ2n) is 11.2. The molecule has 7 nitrogen and oxygen atoms in total. The minimum atomic E-state index is -1.03. The van der Waals surface area contributed by atoms with Gasteiger partial charge >= 0.3 is 5.97 Å². The Bertz CT molecular complexity index is 1730. The van der Waals surface area contributed by atoms with E-state index in [-0.39, 0.29) is 35.0 Å². The standard InChI is InChI=1S/C34H29ClN2O5/c1-19-10-15-26-27(16-19)33(40)37(32(26)39)24-13-11-21(12-14-24)30-18-28(25-8-3-4-9-29(25)36-30)34(41)42-20(2)31(38)22-6-5-7-23(35)17-22/h3-9,11-14,17-20,26-27H,10,15-16H2,1-2H3. The van der Waals surface area contributed by atoms with E-state index in [0.717, 1.165) is 19.3 Å². The summed E-state index contributed by atoms with van der Waals surface area (Å²) in [6.45, 7) is 3.66. The van der Waals surface area contributed by atoms with Crippen molar-refractivity contribution in [1.82, 2.24) is 4.98 Å². The van der Waals surface area contributed by atoms with Crippen LogP contribution in [0, 0.1) is 17.8 Å². The smallest absolute Gasteiger partial charge is 0.339 e. The Morgan fingerprint density at radius 2 is 1.67 bits per heavy atom. The third-order valence-electron chi connectivity index (χ3n) is 8.31. The van der Waals surface area contributed by atoms with Crippen LogP contribution in [-0.4, -0.2) is 34.7 Å². The van der Waals surface area contributed by atoms with Crippen molar-refractivity contribution in [1.29, 1.82) is 0 Å². The number of carbonyl (C=O) groups is 4. The number of imide groups is 1. The summed E-state index contributed by atoms with van der Waals surface area (Å²) in [5.41, 5.74) is 2.96. The lowest BCUT2D eigenvalue weighted by Gasteiger charge is -2.25. The van der Waals surface area contributed by atoms with Crippen molar-refractivity contribution in [2.45, 2.75) is 39.2 Å². The van der Waals surface area contributed by atoms with Gasteiger partial charge in [-0.2, -0.15) is 0 Å². The Morgan fingerprint density at radius 1 is 0.929 bits per heavy atom. The number of amides is 2. The maximum Gasteiger partial charge on any atom is 0.339 e. The number of para-hydroxylation sites is 1. The number of ether oxygens (including phenoxy) is 1. The van der Waals surface area contributed by atoms with Gasteiger partial charge in [-0.1, -0.05) is 61.0 Å². The molecule has 212 valence electrons. The van der Waals surface area contributed by atoms with Crippen molar-refractivity contribution < 1.29 is 23.9 Å². The van der Waals surface area contributed by atoms with Crippen molar-refractivity contribution in [3.8, 4) is 11.3 Å². The summed E-state index contributed by atoms with van der Waals surface area (Å²) in [5.74, 6) is -1.32. The zero-order valence-corrected chi connectivity index (χ0v) is 24.0. The summed E-state index contributed by atoms with van der Waals surface area (Å²) < 4.78 is 5.61. The summed E-state index contributed by atoms with van der Waals surface area (Å²) >= 11 is 6.03. The fourth-order valence-corrected chi connectivity index (χ4v) is 6.26. The second kappa shape index (κ2) is 11.1. The van der Waals surface area contributed by atoms with Crippen molar-refractivity contribution in [2.75, 3.05) is 4.90 Å². The van der Waals surface area contributed by atoms with E-state index in [1.165, 1.54) is 17.9 Å². The lowest BCUT2D eigenvalue weighted by molar-refractivity contribution is -0.122. The van der Waals surface area contributed by atoms with E-state index in [1.54, 1.807) is 66.7 Å². The molecule has 0 bridgehead atoms. The number of benzene rings is 3. The van der Waals surface area contributed by atoms with Crippen LogP contribution >= 0.6 is 11.6 Å². The Balaban J connectivity index is 1.28. The summed E-state index contributed by atoms with van der Waals surface area (Å²) in [4.78, 5) is 58.7. The predicted octanol–water partition coefficient (Wildman–Crippen LogP) is 6.91. The molecule has 3 aromatic carbocycles. The molecule has 1 aromatic heterocycles. The third-order valence-corrected chi connectivity index (χ3v) is 8.54. The molecular formula is C34H29ClN2O5. The number of Topliss-reactive ketones (excluding diaryl/α,β-unsaturated/α-hetero) is 1. The average Bonchev–Trinajstić information content (AvgIpc) is 3.24. The van der Waals surface area contributed by atoms with Gasteiger partial charge in [-0.05, 0) is 68.5 Å². The van der Waals surface area contributed by atoms with Gasteiger partial charge in [0.2, 0.25) is 17.6 Å².